The third-order valence-electron chi connectivity index (χ3n) is 5.52. The molecule has 2 atom stereocenters. The standard InChI is InChI=1S/C18H24N2O2/c1-2-22-16-6-4-3-5-15(16)18(21)19-17-13-7-12-8-14(17)11-20(9-12)10-13/h3-6,12-14,17H,2,7-11H2,1H3,(H,19,21)/t12?,13-,14-,17?/m0/s1. The lowest BCUT2D eigenvalue weighted by Crippen LogP contribution is -2.64. The first-order valence-corrected chi connectivity index (χ1v) is 8.49. The van der Waals surface area contributed by atoms with Crippen molar-refractivity contribution in [2.24, 2.45) is 17.8 Å². The Kier molecular flexibility index (Phi) is 3.57. The quantitative estimate of drug-likeness (QED) is 0.926. The van der Waals surface area contributed by atoms with Crippen molar-refractivity contribution in [3.8, 4) is 5.75 Å². The lowest BCUT2D eigenvalue weighted by Gasteiger charge is -2.55. The van der Waals surface area contributed by atoms with Crippen LogP contribution in [0.25, 0.3) is 0 Å². The van der Waals surface area contributed by atoms with E-state index in [2.05, 4.69) is 10.2 Å². The van der Waals surface area contributed by atoms with Gasteiger partial charge in [-0.2, -0.15) is 0 Å². The minimum absolute atomic E-state index is 0.0246. The molecule has 0 aromatic heterocycles. The maximum atomic E-state index is 12.7. The number of nitrogens with one attached hydrogen (secondary N) is 1. The highest BCUT2D eigenvalue weighted by Crippen LogP contribution is 2.43. The zero-order valence-electron chi connectivity index (χ0n) is 13.1. The highest BCUT2D eigenvalue weighted by Gasteiger charge is 2.47. The van der Waals surface area contributed by atoms with Gasteiger partial charge in [-0.25, -0.2) is 0 Å². The topological polar surface area (TPSA) is 41.6 Å². The molecule has 4 aliphatic rings. The number of nitrogens with zero attached hydrogens (tertiary/aromatic N) is 1. The summed E-state index contributed by atoms with van der Waals surface area (Å²) in [7, 11) is 0. The van der Waals surface area contributed by atoms with Gasteiger partial charge in [-0.3, -0.25) is 4.79 Å². The SMILES string of the molecule is CCOc1ccccc1C(=O)NC1[C@H]2CC3C[C@H]1CN(C3)C2. The lowest BCUT2D eigenvalue weighted by atomic mass is 9.65. The van der Waals surface area contributed by atoms with Gasteiger partial charge in [-0.05, 0) is 49.7 Å². The number of benzene rings is 1. The van der Waals surface area contributed by atoms with Crippen molar-refractivity contribution < 1.29 is 9.53 Å². The largest absolute Gasteiger partial charge is 0.493 e. The second-order valence-corrected chi connectivity index (χ2v) is 7.00. The highest BCUT2D eigenvalue weighted by atomic mass is 16.5. The van der Waals surface area contributed by atoms with Crippen LogP contribution in [0.15, 0.2) is 24.3 Å². The zero-order valence-corrected chi connectivity index (χ0v) is 13.1. The maximum Gasteiger partial charge on any atom is 0.255 e. The molecule has 5 rings (SSSR count). The first-order valence-electron chi connectivity index (χ1n) is 8.49. The van der Waals surface area contributed by atoms with Crippen LogP contribution in [0.3, 0.4) is 0 Å². The fourth-order valence-corrected chi connectivity index (χ4v) is 4.81. The highest BCUT2D eigenvalue weighted by molar-refractivity contribution is 5.97. The Bertz CT molecular complexity index is 544. The van der Waals surface area contributed by atoms with Crippen LogP contribution in [0.4, 0.5) is 0 Å². The summed E-state index contributed by atoms with van der Waals surface area (Å²) in [6, 6.07) is 7.90. The fourth-order valence-electron chi connectivity index (χ4n) is 4.81. The van der Waals surface area contributed by atoms with Crippen molar-refractivity contribution in [2.45, 2.75) is 25.8 Å². The summed E-state index contributed by atoms with van der Waals surface area (Å²) in [6.45, 7) is 6.12. The average molecular weight is 300 g/mol. The van der Waals surface area contributed by atoms with E-state index in [1.807, 2.05) is 31.2 Å². The van der Waals surface area contributed by atoms with E-state index in [-0.39, 0.29) is 5.91 Å². The maximum absolute atomic E-state index is 12.7. The molecule has 118 valence electrons. The first kappa shape index (κ1) is 14.1. The number of hydrogen-bond donors (Lipinski definition) is 1. The van der Waals surface area contributed by atoms with Gasteiger partial charge in [0.05, 0.1) is 12.2 Å². The van der Waals surface area contributed by atoms with E-state index < -0.39 is 0 Å². The van der Waals surface area contributed by atoms with E-state index in [0.29, 0.717) is 35.8 Å². The molecule has 1 N–H and O–H groups in total. The molecule has 3 saturated heterocycles. The van der Waals surface area contributed by atoms with Crippen LogP contribution >= 0.6 is 0 Å². The van der Waals surface area contributed by atoms with E-state index in [1.54, 1.807) is 0 Å². The monoisotopic (exact) mass is 300 g/mol. The van der Waals surface area contributed by atoms with Gasteiger partial charge in [0, 0.05) is 25.7 Å². The van der Waals surface area contributed by atoms with Crippen LogP contribution in [-0.2, 0) is 0 Å². The molecule has 4 heteroatoms. The van der Waals surface area contributed by atoms with Crippen LogP contribution in [-0.4, -0.2) is 43.1 Å². The Balaban J connectivity index is 1.51. The Hall–Kier alpha value is -1.55. The van der Waals surface area contributed by atoms with E-state index in [0.717, 1.165) is 19.0 Å². The summed E-state index contributed by atoms with van der Waals surface area (Å²) in [6.07, 6.45) is 2.57. The smallest absolute Gasteiger partial charge is 0.255 e. The van der Waals surface area contributed by atoms with Crippen LogP contribution in [0.2, 0.25) is 0 Å². The average Bonchev–Trinajstić information content (AvgIpc) is 2.51. The van der Waals surface area contributed by atoms with E-state index in [4.69, 9.17) is 4.74 Å². The Labute approximate surface area is 131 Å². The second-order valence-electron chi connectivity index (χ2n) is 7.00. The van der Waals surface area contributed by atoms with E-state index >= 15 is 0 Å². The summed E-state index contributed by atoms with van der Waals surface area (Å²) < 4.78 is 5.60. The van der Waals surface area contributed by atoms with Crippen molar-refractivity contribution in [3.05, 3.63) is 29.8 Å². The Morgan fingerprint density at radius 1 is 1.23 bits per heavy atom. The normalized spacial score (nSPS) is 35.4. The molecule has 1 amide bonds. The van der Waals surface area contributed by atoms with Crippen molar-refractivity contribution in [1.82, 2.24) is 10.2 Å². The van der Waals surface area contributed by atoms with Gasteiger partial charge >= 0.3 is 0 Å². The third kappa shape index (κ3) is 2.39. The van der Waals surface area contributed by atoms with Crippen LogP contribution in [0.1, 0.15) is 30.1 Å². The van der Waals surface area contributed by atoms with Crippen molar-refractivity contribution >= 4 is 5.91 Å². The van der Waals surface area contributed by atoms with Crippen LogP contribution < -0.4 is 10.1 Å². The molecular weight excluding hydrogens is 276 g/mol. The zero-order chi connectivity index (χ0) is 15.1. The molecule has 3 heterocycles. The van der Waals surface area contributed by atoms with Crippen LogP contribution in [0.5, 0.6) is 5.75 Å². The van der Waals surface area contributed by atoms with Gasteiger partial charge < -0.3 is 15.0 Å². The number of para-hydroxylation sites is 1. The minimum Gasteiger partial charge on any atom is -0.493 e. The van der Waals surface area contributed by atoms with E-state index in [9.17, 15) is 4.79 Å². The van der Waals surface area contributed by atoms with Gasteiger partial charge in [-0.15, -0.1) is 0 Å². The van der Waals surface area contributed by atoms with Gasteiger partial charge in [0.15, 0.2) is 0 Å². The molecule has 3 aliphatic heterocycles. The second kappa shape index (κ2) is 5.58. The van der Waals surface area contributed by atoms with Crippen molar-refractivity contribution in [2.75, 3.05) is 26.2 Å². The molecule has 1 aromatic carbocycles. The van der Waals surface area contributed by atoms with Crippen LogP contribution in [0, 0.1) is 17.8 Å². The third-order valence-corrected chi connectivity index (χ3v) is 5.52. The molecule has 1 aliphatic carbocycles. The number of carbonyl (C=O) groups excluding carboxylic acids is 1. The van der Waals surface area contributed by atoms with Gasteiger partial charge in [0.25, 0.3) is 5.91 Å². The van der Waals surface area contributed by atoms with Crippen molar-refractivity contribution in [3.63, 3.8) is 0 Å². The number of piperidine rings is 3. The lowest BCUT2D eigenvalue weighted by molar-refractivity contribution is -0.0419. The molecule has 4 nitrogen and oxygen atoms in total. The number of amides is 1. The predicted octanol–water partition coefficient (Wildman–Crippen LogP) is 2.16. The number of rotatable bonds is 4. The molecule has 0 unspecified atom stereocenters. The first-order chi connectivity index (χ1) is 10.7. The molecule has 4 bridgehead atoms. The number of hydrogen-bond acceptors (Lipinski definition) is 3. The molecule has 0 spiro atoms. The minimum atomic E-state index is 0.0246. The predicted molar refractivity (Wildman–Crippen MR) is 85.0 cm³/mol. The molecule has 4 fully saturated rings. The van der Waals surface area contributed by atoms with E-state index in [1.165, 1.54) is 19.4 Å². The van der Waals surface area contributed by atoms with Gasteiger partial charge in [0.1, 0.15) is 5.75 Å². The number of carbonyl (C=O) groups is 1. The molecule has 1 saturated carbocycles. The molecular formula is C18H24N2O2. The number of ether oxygens (including phenoxy) is 1. The summed E-state index contributed by atoms with van der Waals surface area (Å²) in [5.41, 5.74) is 0.665. The Morgan fingerprint density at radius 2 is 1.95 bits per heavy atom. The van der Waals surface area contributed by atoms with Gasteiger partial charge in [0.2, 0.25) is 0 Å². The summed E-state index contributed by atoms with van der Waals surface area (Å²) in [5, 5.41) is 3.33. The van der Waals surface area contributed by atoms with Gasteiger partial charge in [-0.1, -0.05) is 12.1 Å². The summed E-state index contributed by atoms with van der Waals surface area (Å²) in [4.78, 5) is 15.3. The molecule has 22 heavy (non-hydrogen) atoms. The fraction of sp³-hybridized carbons (Fsp3) is 0.611. The molecule has 0 radical (unpaired) electrons. The molecule has 1 aromatic rings. The Morgan fingerprint density at radius 3 is 2.64 bits per heavy atom. The summed E-state index contributed by atoms with van der Waals surface area (Å²) >= 11 is 0. The summed E-state index contributed by atoms with van der Waals surface area (Å²) in [5.74, 6) is 2.84. The van der Waals surface area contributed by atoms with Crippen molar-refractivity contribution in [1.29, 1.82) is 0 Å².